The van der Waals surface area contributed by atoms with Crippen molar-refractivity contribution in [2.75, 3.05) is 9.80 Å². The van der Waals surface area contributed by atoms with Crippen LogP contribution in [0, 0.1) is 0 Å². The van der Waals surface area contributed by atoms with Gasteiger partial charge in [-0.1, -0.05) is 172 Å². The van der Waals surface area contributed by atoms with Crippen LogP contribution in [0.3, 0.4) is 0 Å². The number of fused-ring (bicyclic) bond motifs is 8. The molecule has 1 aliphatic carbocycles. The molecular formula is C67H49N3. The Balaban J connectivity index is 0.885. The first kappa shape index (κ1) is 41.3. The highest BCUT2D eigenvalue weighted by Crippen LogP contribution is 2.51. The van der Waals surface area contributed by atoms with E-state index in [1.165, 1.54) is 77.1 Å². The minimum Gasteiger partial charge on any atom is -0.311 e. The van der Waals surface area contributed by atoms with E-state index >= 15 is 0 Å². The Bertz CT molecular complexity index is 3830. The summed E-state index contributed by atoms with van der Waals surface area (Å²) in [6.45, 7) is 4.72. The van der Waals surface area contributed by atoms with E-state index < -0.39 is 0 Å². The maximum atomic E-state index is 2.42. The highest BCUT2D eigenvalue weighted by atomic mass is 15.1. The van der Waals surface area contributed by atoms with Crippen LogP contribution in [0.1, 0.15) is 25.0 Å². The van der Waals surface area contributed by atoms with Gasteiger partial charge in [0.2, 0.25) is 0 Å². The molecule has 13 rings (SSSR count). The van der Waals surface area contributed by atoms with E-state index in [1.807, 2.05) is 0 Å². The van der Waals surface area contributed by atoms with Crippen LogP contribution in [-0.4, -0.2) is 4.57 Å². The van der Waals surface area contributed by atoms with Gasteiger partial charge in [-0.25, -0.2) is 0 Å². The van der Waals surface area contributed by atoms with Crippen molar-refractivity contribution in [1.82, 2.24) is 4.57 Å². The first-order chi connectivity index (χ1) is 34.5. The molecule has 0 spiro atoms. The van der Waals surface area contributed by atoms with Crippen LogP contribution in [0.15, 0.2) is 261 Å². The molecule has 0 aliphatic heterocycles. The van der Waals surface area contributed by atoms with E-state index in [2.05, 4.69) is 289 Å². The molecule has 0 fully saturated rings. The predicted octanol–water partition coefficient (Wildman–Crippen LogP) is 18.5. The molecule has 1 heterocycles. The van der Waals surface area contributed by atoms with E-state index in [4.69, 9.17) is 0 Å². The molecule has 0 N–H and O–H groups in total. The fourth-order valence-corrected chi connectivity index (χ4v) is 11.1. The van der Waals surface area contributed by atoms with Crippen LogP contribution in [0.4, 0.5) is 34.1 Å². The Morgan fingerprint density at radius 3 is 1.40 bits per heavy atom. The maximum Gasteiger partial charge on any atom is 0.0547 e. The molecule has 0 saturated carbocycles. The monoisotopic (exact) mass is 895 g/mol. The van der Waals surface area contributed by atoms with Gasteiger partial charge in [0.25, 0.3) is 0 Å². The summed E-state index contributed by atoms with van der Waals surface area (Å²) in [6.07, 6.45) is 0. The van der Waals surface area contributed by atoms with Crippen LogP contribution in [0.5, 0.6) is 0 Å². The smallest absolute Gasteiger partial charge is 0.0547 e. The zero-order chi connectivity index (χ0) is 46.8. The van der Waals surface area contributed by atoms with E-state index in [1.54, 1.807) is 0 Å². The lowest BCUT2D eigenvalue weighted by molar-refractivity contribution is 0.660. The summed E-state index contributed by atoms with van der Waals surface area (Å²) in [5.41, 5.74) is 20.2. The minimum absolute atomic E-state index is 0.127. The quantitative estimate of drug-likeness (QED) is 0.143. The van der Waals surface area contributed by atoms with Gasteiger partial charge < -0.3 is 14.4 Å². The molecule has 332 valence electrons. The van der Waals surface area contributed by atoms with E-state index in [0.717, 1.165) is 39.8 Å². The van der Waals surface area contributed by atoms with E-state index in [-0.39, 0.29) is 5.41 Å². The second-order valence-electron chi connectivity index (χ2n) is 19.0. The molecule has 3 heteroatoms. The van der Waals surface area contributed by atoms with Crippen LogP contribution < -0.4 is 9.80 Å². The Morgan fingerprint density at radius 1 is 0.314 bits per heavy atom. The average molecular weight is 896 g/mol. The Hall–Kier alpha value is -8.92. The van der Waals surface area contributed by atoms with Gasteiger partial charge in [-0.3, -0.25) is 0 Å². The summed E-state index contributed by atoms with van der Waals surface area (Å²) in [5, 5.41) is 5.05. The first-order valence-electron chi connectivity index (χ1n) is 24.3. The summed E-state index contributed by atoms with van der Waals surface area (Å²) in [5.74, 6) is 0. The molecule has 1 aromatic heterocycles. The van der Waals surface area contributed by atoms with Crippen LogP contribution >= 0.6 is 0 Å². The fourth-order valence-electron chi connectivity index (χ4n) is 11.1. The maximum absolute atomic E-state index is 2.42. The van der Waals surface area contributed by atoms with Crippen LogP contribution in [-0.2, 0) is 5.41 Å². The van der Waals surface area contributed by atoms with Gasteiger partial charge in [-0.05, 0) is 158 Å². The summed E-state index contributed by atoms with van der Waals surface area (Å²) in [4.78, 5) is 4.72. The zero-order valence-electron chi connectivity index (χ0n) is 39.2. The highest BCUT2D eigenvalue weighted by molar-refractivity contribution is 6.22. The lowest BCUT2D eigenvalue weighted by atomic mass is 9.82. The van der Waals surface area contributed by atoms with Gasteiger partial charge in [0.1, 0.15) is 0 Å². The second-order valence-corrected chi connectivity index (χ2v) is 19.0. The van der Waals surface area contributed by atoms with Gasteiger partial charge >= 0.3 is 0 Å². The number of rotatable bonds is 9. The number of aromatic nitrogens is 1. The topological polar surface area (TPSA) is 11.4 Å². The highest BCUT2D eigenvalue weighted by Gasteiger charge is 2.35. The summed E-state index contributed by atoms with van der Waals surface area (Å²) >= 11 is 0. The van der Waals surface area contributed by atoms with Gasteiger partial charge in [0.05, 0.1) is 11.0 Å². The number of hydrogen-bond acceptors (Lipinski definition) is 2. The first-order valence-corrected chi connectivity index (χ1v) is 24.3. The number of anilines is 6. The lowest BCUT2D eigenvalue weighted by Gasteiger charge is -2.28. The third-order valence-electron chi connectivity index (χ3n) is 14.6. The molecule has 3 nitrogen and oxygen atoms in total. The number of nitrogens with zero attached hydrogens (tertiary/aromatic N) is 3. The van der Waals surface area contributed by atoms with Crippen molar-refractivity contribution in [3.05, 3.63) is 272 Å². The SMILES string of the molecule is CC1(C)c2ccccc2-c2ccc(N(c3ccc(-c4ccc(N(c5ccccc5)c5ccccc5)cc4)cc3)c3ccc(-c4ccc5c(c4)c4c6ccccc6ccc4n5-c4ccccc4)cc3)cc21. The van der Waals surface area contributed by atoms with Gasteiger partial charge in [-0.2, -0.15) is 0 Å². The fraction of sp³-hybridized carbons (Fsp3) is 0.0448. The molecule has 0 bridgehead atoms. The zero-order valence-corrected chi connectivity index (χ0v) is 39.2. The van der Waals surface area contributed by atoms with Crippen molar-refractivity contribution in [1.29, 1.82) is 0 Å². The van der Waals surface area contributed by atoms with Crippen LogP contribution in [0.25, 0.3) is 71.6 Å². The van der Waals surface area contributed by atoms with Gasteiger partial charge in [0.15, 0.2) is 0 Å². The predicted molar refractivity (Wildman–Crippen MR) is 296 cm³/mol. The Labute approximate surface area is 409 Å². The molecule has 70 heavy (non-hydrogen) atoms. The molecule has 11 aromatic carbocycles. The number of hydrogen-bond donors (Lipinski definition) is 0. The summed E-state index contributed by atoms with van der Waals surface area (Å²) in [7, 11) is 0. The molecule has 0 atom stereocenters. The molecule has 1 aliphatic rings. The molecule has 0 saturated heterocycles. The Morgan fingerprint density at radius 2 is 0.771 bits per heavy atom. The molecule has 0 radical (unpaired) electrons. The summed E-state index contributed by atoms with van der Waals surface area (Å²) < 4.78 is 2.41. The van der Waals surface area contributed by atoms with Gasteiger partial charge in [-0.15, -0.1) is 0 Å². The number of para-hydroxylation sites is 3. The van der Waals surface area contributed by atoms with Crippen LogP contribution in [0.2, 0.25) is 0 Å². The van der Waals surface area contributed by atoms with E-state index in [9.17, 15) is 0 Å². The normalized spacial score (nSPS) is 12.5. The van der Waals surface area contributed by atoms with E-state index in [0.29, 0.717) is 0 Å². The molecule has 12 aromatic rings. The molecule has 0 amide bonds. The lowest BCUT2D eigenvalue weighted by Crippen LogP contribution is -2.16. The van der Waals surface area contributed by atoms with Gasteiger partial charge in [0, 0.05) is 56.0 Å². The second kappa shape index (κ2) is 16.7. The molecule has 0 unspecified atom stereocenters. The third kappa shape index (κ3) is 6.89. The standard InChI is InChI=1S/C67H49N3/c1-67(2)62-25-15-14-24-59(62)60-41-40-57(45-63(60)67)69(55-36-28-47(29-37-55)46-26-34-54(35-27-46)68(51-17-6-3-7-18-51)52-19-8-4-9-20-52)56-38-30-48(31-39-56)50-33-42-64-61(44-50)66-58-23-13-12-16-49(58)32-43-65(66)70(64)53-21-10-5-11-22-53/h3-45H,1-2H3. The molecular weight excluding hydrogens is 847 g/mol. The average Bonchev–Trinajstić information content (AvgIpc) is 3.88. The number of benzene rings is 11. The van der Waals surface area contributed by atoms with Crippen molar-refractivity contribution in [3.63, 3.8) is 0 Å². The van der Waals surface area contributed by atoms with Crippen molar-refractivity contribution < 1.29 is 0 Å². The Kier molecular flexibility index (Phi) is 9.85. The van der Waals surface area contributed by atoms with Crippen molar-refractivity contribution in [2.45, 2.75) is 19.3 Å². The van der Waals surface area contributed by atoms with Crippen molar-refractivity contribution in [3.8, 4) is 39.1 Å². The largest absolute Gasteiger partial charge is 0.311 e. The minimum atomic E-state index is -0.127. The van der Waals surface area contributed by atoms with Crippen molar-refractivity contribution in [2.24, 2.45) is 0 Å². The summed E-state index contributed by atoms with van der Waals surface area (Å²) in [6, 6.07) is 95.2. The third-order valence-corrected chi connectivity index (χ3v) is 14.6. The van der Waals surface area contributed by atoms with Crippen molar-refractivity contribution >= 4 is 66.7 Å².